The maximum atomic E-state index is 14.3. The van der Waals surface area contributed by atoms with E-state index in [2.05, 4.69) is 0 Å². The quantitative estimate of drug-likeness (QED) is 0.318. The summed E-state index contributed by atoms with van der Waals surface area (Å²) in [5.41, 5.74) is 1.68. The Hall–Kier alpha value is -4.42. The number of carbonyl (C=O) groups is 3. The molecule has 0 aromatic heterocycles. The van der Waals surface area contributed by atoms with E-state index < -0.39 is 29.4 Å². The summed E-state index contributed by atoms with van der Waals surface area (Å²) in [7, 11) is 0. The van der Waals surface area contributed by atoms with E-state index in [1.165, 1.54) is 4.90 Å². The second-order valence-corrected chi connectivity index (χ2v) is 11.2. The fraction of sp³-hybridized carbons (Fsp3) is 0.206. The molecular formula is C34H29ClN2O4. The van der Waals surface area contributed by atoms with Crippen LogP contribution in [0, 0.1) is 0 Å². The van der Waals surface area contributed by atoms with E-state index >= 15 is 0 Å². The zero-order valence-corrected chi connectivity index (χ0v) is 23.0. The van der Waals surface area contributed by atoms with Crippen molar-refractivity contribution in [2.24, 2.45) is 0 Å². The Morgan fingerprint density at radius 3 is 1.59 bits per heavy atom. The number of hydrogen-bond donors (Lipinski definition) is 1. The second kappa shape index (κ2) is 10.9. The lowest BCUT2D eigenvalue weighted by atomic mass is 9.87. The van der Waals surface area contributed by atoms with Gasteiger partial charge in [-0.05, 0) is 34.4 Å². The Bertz CT molecular complexity index is 1520. The summed E-state index contributed by atoms with van der Waals surface area (Å²) >= 11 is 6.13. The first kappa shape index (κ1) is 26.8. The van der Waals surface area contributed by atoms with Crippen molar-refractivity contribution in [2.75, 3.05) is 13.1 Å². The number of benzene rings is 4. The molecule has 6 nitrogen and oxygen atoms in total. The topological polar surface area (TPSA) is 77.9 Å². The minimum Gasteiger partial charge on any atom is -0.479 e. The van der Waals surface area contributed by atoms with Gasteiger partial charge in [0.05, 0.1) is 24.4 Å². The first-order chi connectivity index (χ1) is 19.9. The summed E-state index contributed by atoms with van der Waals surface area (Å²) in [6.07, 6.45) is 0.193. The predicted molar refractivity (Wildman–Crippen MR) is 157 cm³/mol. The van der Waals surface area contributed by atoms with E-state index in [4.69, 9.17) is 11.6 Å². The average Bonchev–Trinajstić information content (AvgIpc) is 3.58. The Morgan fingerprint density at radius 1 is 0.683 bits per heavy atom. The van der Waals surface area contributed by atoms with E-state index in [0.29, 0.717) is 5.02 Å². The minimum atomic E-state index is -1.51. The van der Waals surface area contributed by atoms with Gasteiger partial charge in [0.2, 0.25) is 11.8 Å². The van der Waals surface area contributed by atoms with Crippen LogP contribution in [-0.4, -0.2) is 57.4 Å². The molecule has 0 radical (unpaired) electrons. The van der Waals surface area contributed by atoms with Gasteiger partial charge in [0.1, 0.15) is 0 Å². The molecule has 1 N–H and O–H groups in total. The van der Waals surface area contributed by atoms with E-state index in [9.17, 15) is 19.5 Å². The lowest BCUT2D eigenvalue weighted by Crippen LogP contribution is -2.62. The molecule has 4 aromatic carbocycles. The van der Waals surface area contributed by atoms with Crippen LogP contribution in [0.4, 0.5) is 0 Å². The molecular weight excluding hydrogens is 536 g/mol. The van der Waals surface area contributed by atoms with Crippen LogP contribution in [0.5, 0.6) is 0 Å². The van der Waals surface area contributed by atoms with Crippen LogP contribution in [0.25, 0.3) is 0 Å². The van der Waals surface area contributed by atoms with E-state index in [1.807, 2.05) is 91.0 Å². The molecule has 2 saturated heterocycles. The molecule has 6 rings (SSSR count). The summed E-state index contributed by atoms with van der Waals surface area (Å²) in [6, 6.07) is 35.1. The van der Waals surface area contributed by atoms with Crippen molar-refractivity contribution in [3.05, 3.63) is 143 Å². The van der Waals surface area contributed by atoms with E-state index in [1.54, 1.807) is 29.2 Å². The number of rotatable bonds is 7. The van der Waals surface area contributed by atoms with Crippen molar-refractivity contribution < 1.29 is 19.5 Å². The van der Waals surface area contributed by atoms with Gasteiger partial charge >= 0.3 is 5.97 Å². The Kier molecular flexibility index (Phi) is 7.10. The number of carbonyl (C=O) groups excluding carboxylic acids is 2. The van der Waals surface area contributed by atoms with E-state index in [0.717, 1.165) is 22.3 Å². The fourth-order valence-electron chi connectivity index (χ4n) is 6.42. The summed E-state index contributed by atoms with van der Waals surface area (Å²) in [6.45, 7) is 0.0972. The zero-order valence-electron chi connectivity index (χ0n) is 22.3. The molecule has 206 valence electrons. The number of halogens is 1. The Labute approximate surface area is 243 Å². The molecule has 0 saturated carbocycles. The maximum Gasteiger partial charge on any atom is 0.331 e. The number of carboxylic acid groups (broad SMARTS) is 1. The number of amides is 2. The van der Waals surface area contributed by atoms with Gasteiger partial charge in [0.15, 0.2) is 5.54 Å². The molecule has 2 bridgehead atoms. The zero-order chi connectivity index (χ0) is 28.6. The average molecular weight is 565 g/mol. The highest BCUT2D eigenvalue weighted by Gasteiger charge is 2.63. The van der Waals surface area contributed by atoms with Crippen LogP contribution in [-0.2, 0) is 14.4 Å². The number of likely N-dealkylation sites (tertiary alicyclic amines) is 2. The van der Waals surface area contributed by atoms with Crippen molar-refractivity contribution in [2.45, 2.75) is 29.8 Å². The summed E-state index contributed by atoms with van der Waals surface area (Å²) in [5.74, 6) is -2.81. The van der Waals surface area contributed by atoms with Gasteiger partial charge < -0.3 is 14.9 Å². The van der Waals surface area contributed by atoms with Gasteiger partial charge in [-0.1, -0.05) is 115 Å². The van der Waals surface area contributed by atoms with Gasteiger partial charge in [-0.2, -0.15) is 0 Å². The summed E-state index contributed by atoms with van der Waals surface area (Å²) < 4.78 is 0. The molecule has 2 heterocycles. The molecule has 2 aliphatic rings. The van der Waals surface area contributed by atoms with Crippen LogP contribution >= 0.6 is 11.6 Å². The molecule has 0 aliphatic carbocycles. The number of carboxylic acids is 1. The van der Waals surface area contributed by atoms with Crippen LogP contribution in [0.2, 0.25) is 5.02 Å². The van der Waals surface area contributed by atoms with Crippen molar-refractivity contribution in [3.63, 3.8) is 0 Å². The number of aliphatic carboxylic acids is 1. The highest BCUT2D eigenvalue weighted by Crippen LogP contribution is 2.44. The lowest BCUT2D eigenvalue weighted by Gasteiger charge is -2.42. The summed E-state index contributed by atoms with van der Waals surface area (Å²) in [5, 5.41) is 11.1. The SMILES string of the molecule is O=C(C(c1ccccc1)c1ccccc1)N1C[C@@]2(C(=O)O)C[C@H]1CN2C(=O)C(c1ccccc1)c1ccc(Cl)cc1. The number of nitrogens with zero attached hydrogens (tertiary/aromatic N) is 2. The Morgan fingerprint density at radius 2 is 1.12 bits per heavy atom. The van der Waals surface area contributed by atoms with Crippen LogP contribution in [0.1, 0.15) is 40.5 Å². The van der Waals surface area contributed by atoms with Crippen molar-refractivity contribution in [1.29, 1.82) is 0 Å². The third-order valence-electron chi connectivity index (χ3n) is 8.40. The highest BCUT2D eigenvalue weighted by molar-refractivity contribution is 6.30. The molecule has 4 aromatic rings. The lowest BCUT2D eigenvalue weighted by molar-refractivity contribution is -0.160. The van der Waals surface area contributed by atoms with Crippen molar-refractivity contribution >= 4 is 29.4 Å². The Balaban J connectivity index is 1.34. The van der Waals surface area contributed by atoms with Crippen LogP contribution in [0.15, 0.2) is 115 Å². The molecule has 41 heavy (non-hydrogen) atoms. The molecule has 3 atom stereocenters. The maximum absolute atomic E-state index is 14.3. The van der Waals surface area contributed by atoms with Gasteiger partial charge in [-0.25, -0.2) is 4.79 Å². The molecule has 2 amide bonds. The minimum absolute atomic E-state index is 0.0597. The number of hydrogen-bond acceptors (Lipinski definition) is 3. The summed E-state index contributed by atoms with van der Waals surface area (Å²) in [4.78, 5) is 44.7. The highest BCUT2D eigenvalue weighted by atomic mass is 35.5. The molecule has 2 fully saturated rings. The van der Waals surface area contributed by atoms with Crippen molar-refractivity contribution in [3.8, 4) is 0 Å². The van der Waals surface area contributed by atoms with Crippen LogP contribution < -0.4 is 0 Å². The van der Waals surface area contributed by atoms with Crippen LogP contribution in [0.3, 0.4) is 0 Å². The van der Waals surface area contributed by atoms with Gasteiger partial charge in [0, 0.05) is 18.0 Å². The smallest absolute Gasteiger partial charge is 0.331 e. The first-order valence-corrected chi connectivity index (χ1v) is 14.0. The number of piperazine rings is 1. The standard InChI is InChI=1S/C34H29ClN2O4/c35-27-18-16-26(17-19-27)30(25-14-8-3-9-15-25)32(39)37-21-28-20-34(37,33(40)41)22-36(28)31(38)29(23-10-4-1-5-11-23)24-12-6-2-7-13-24/h1-19,28-30H,20-22H2,(H,40,41)/t28-,30?,34+/m0/s1. The van der Waals surface area contributed by atoms with Gasteiger partial charge in [0.25, 0.3) is 0 Å². The van der Waals surface area contributed by atoms with Crippen molar-refractivity contribution in [1.82, 2.24) is 9.80 Å². The first-order valence-electron chi connectivity index (χ1n) is 13.6. The monoisotopic (exact) mass is 564 g/mol. The fourth-order valence-corrected chi connectivity index (χ4v) is 6.54. The third kappa shape index (κ3) is 4.78. The van der Waals surface area contributed by atoms with Gasteiger partial charge in [-0.15, -0.1) is 0 Å². The molecule has 7 heteroatoms. The van der Waals surface area contributed by atoms with Gasteiger partial charge in [-0.3, -0.25) is 9.59 Å². The third-order valence-corrected chi connectivity index (χ3v) is 8.65. The predicted octanol–water partition coefficient (Wildman–Crippen LogP) is 5.57. The number of fused-ring (bicyclic) bond motifs is 2. The molecule has 0 spiro atoms. The second-order valence-electron chi connectivity index (χ2n) is 10.8. The largest absolute Gasteiger partial charge is 0.479 e. The molecule has 1 unspecified atom stereocenters. The van der Waals surface area contributed by atoms with E-state index in [-0.39, 0.29) is 31.3 Å². The molecule has 2 aliphatic heterocycles. The normalized spacial score (nSPS) is 20.3.